The molecule has 0 radical (unpaired) electrons. The zero-order valence-electron chi connectivity index (χ0n) is 13.8. The first-order valence-corrected chi connectivity index (χ1v) is 9.31. The highest BCUT2D eigenvalue weighted by molar-refractivity contribution is 7.90. The van der Waals surface area contributed by atoms with Crippen LogP contribution >= 0.6 is 23.2 Å². The lowest BCUT2D eigenvalue weighted by Crippen LogP contribution is -2.37. The van der Waals surface area contributed by atoms with E-state index in [4.69, 9.17) is 23.2 Å². The van der Waals surface area contributed by atoms with Crippen LogP contribution in [0.15, 0.2) is 42.5 Å². The molecule has 0 heterocycles. The van der Waals surface area contributed by atoms with Gasteiger partial charge in [-0.3, -0.25) is 9.10 Å². The molecule has 0 aliphatic heterocycles. The van der Waals surface area contributed by atoms with E-state index in [0.29, 0.717) is 27.0 Å². The summed E-state index contributed by atoms with van der Waals surface area (Å²) in [6, 6.07) is 11.1. The minimum absolute atomic E-state index is 0.326. The van der Waals surface area contributed by atoms with Crippen molar-refractivity contribution in [2.45, 2.75) is 0 Å². The van der Waals surface area contributed by atoms with Gasteiger partial charge >= 0.3 is 10.2 Å². The van der Waals surface area contributed by atoms with Crippen molar-refractivity contribution in [2.24, 2.45) is 0 Å². The van der Waals surface area contributed by atoms with E-state index < -0.39 is 16.1 Å². The SMILES string of the molecule is CN(C)S(=O)(=O)N(C)c1ccc(C(=O)Nc2c(Cl)cccc2Cl)cc1. The second-order valence-corrected chi connectivity index (χ2v) is 8.34. The molecule has 0 aliphatic rings. The monoisotopic (exact) mass is 401 g/mol. The highest BCUT2D eigenvalue weighted by Crippen LogP contribution is 2.30. The summed E-state index contributed by atoms with van der Waals surface area (Å²) in [6.45, 7) is 0. The molecule has 9 heteroatoms. The molecule has 6 nitrogen and oxygen atoms in total. The van der Waals surface area contributed by atoms with Gasteiger partial charge in [0.05, 0.1) is 21.4 Å². The van der Waals surface area contributed by atoms with Crippen molar-refractivity contribution < 1.29 is 13.2 Å². The Morgan fingerprint density at radius 2 is 1.48 bits per heavy atom. The number of carbonyl (C=O) groups excluding carboxylic acids is 1. The number of carbonyl (C=O) groups is 1. The Kier molecular flexibility index (Phi) is 5.95. The Balaban J connectivity index is 2.21. The molecule has 0 aliphatic carbocycles. The summed E-state index contributed by atoms with van der Waals surface area (Å²) in [5, 5.41) is 3.31. The molecule has 0 fully saturated rings. The zero-order valence-corrected chi connectivity index (χ0v) is 16.2. The largest absolute Gasteiger partial charge is 0.319 e. The van der Waals surface area contributed by atoms with Crippen molar-refractivity contribution in [3.05, 3.63) is 58.1 Å². The van der Waals surface area contributed by atoms with Crippen molar-refractivity contribution in [2.75, 3.05) is 30.8 Å². The molecule has 1 amide bonds. The van der Waals surface area contributed by atoms with Crippen LogP contribution in [0.1, 0.15) is 10.4 Å². The number of nitrogens with one attached hydrogen (secondary N) is 1. The van der Waals surface area contributed by atoms with Crippen LogP contribution in [0.4, 0.5) is 11.4 Å². The standard InChI is InChI=1S/C16H17Cl2N3O3S/c1-20(2)25(23,24)21(3)12-9-7-11(8-10-12)16(22)19-15-13(17)5-4-6-14(15)18/h4-10H,1-3H3,(H,19,22). The Hall–Kier alpha value is -1.80. The Labute approximate surface area is 157 Å². The molecule has 0 saturated heterocycles. The van der Waals surface area contributed by atoms with Gasteiger partial charge < -0.3 is 5.32 Å². The lowest BCUT2D eigenvalue weighted by Gasteiger charge is -2.23. The molecule has 1 N–H and O–H groups in total. The Morgan fingerprint density at radius 1 is 0.960 bits per heavy atom. The van der Waals surface area contributed by atoms with Crippen molar-refractivity contribution in [3.8, 4) is 0 Å². The van der Waals surface area contributed by atoms with Gasteiger partial charge in [-0.15, -0.1) is 0 Å². The maximum atomic E-state index is 12.3. The first-order valence-electron chi connectivity index (χ1n) is 7.16. The second kappa shape index (κ2) is 7.61. The lowest BCUT2D eigenvalue weighted by molar-refractivity contribution is 0.102. The summed E-state index contributed by atoms with van der Waals surface area (Å²) >= 11 is 12.1. The Morgan fingerprint density at radius 3 is 1.96 bits per heavy atom. The van der Waals surface area contributed by atoms with Crippen molar-refractivity contribution in [1.29, 1.82) is 0 Å². The van der Waals surface area contributed by atoms with Crippen molar-refractivity contribution in [1.82, 2.24) is 4.31 Å². The molecule has 0 spiro atoms. The van der Waals surface area contributed by atoms with Crippen LogP contribution in [-0.2, 0) is 10.2 Å². The first kappa shape index (κ1) is 19.5. The second-order valence-electron chi connectivity index (χ2n) is 5.36. The van der Waals surface area contributed by atoms with E-state index in [2.05, 4.69) is 5.32 Å². The molecule has 0 aromatic heterocycles. The number of para-hydroxylation sites is 1. The normalized spacial score (nSPS) is 11.4. The molecular weight excluding hydrogens is 385 g/mol. The van der Waals surface area contributed by atoms with Gasteiger partial charge in [0.15, 0.2) is 0 Å². The summed E-state index contributed by atoms with van der Waals surface area (Å²) in [6.07, 6.45) is 0. The maximum absolute atomic E-state index is 12.3. The molecule has 0 bridgehead atoms. The molecule has 2 aromatic rings. The third kappa shape index (κ3) is 4.24. The fourth-order valence-corrected chi connectivity index (χ4v) is 3.37. The number of hydrogen-bond donors (Lipinski definition) is 1. The van der Waals surface area contributed by atoms with Gasteiger partial charge in [-0.25, -0.2) is 0 Å². The number of nitrogens with zero attached hydrogens (tertiary/aromatic N) is 2. The van der Waals surface area contributed by atoms with E-state index in [0.717, 1.165) is 8.61 Å². The predicted molar refractivity (Wildman–Crippen MR) is 102 cm³/mol. The number of hydrogen-bond acceptors (Lipinski definition) is 3. The number of anilines is 2. The number of rotatable bonds is 5. The number of amides is 1. The highest BCUT2D eigenvalue weighted by atomic mass is 35.5. The minimum atomic E-state index is -3.59. The highest BCUT2D eigenvalue weighted by Gasteiger charge is 2.21. The fraction of sp³-hybridized carbons (Fsp3) is 0.188. The average molecular weight is 402 g/mol. The quantitative estimate of drug-likeness (QED) is 0.833. The van der Waals surface area contributed by atoms with Crippen molar-refractivity contribution >= 4 is 50.7 Å². The summed E-state index contributed by atoms with van der Waals surface area (Å²) in [5.74, 6) is -0.403. The molecule has 134 valence electrons. The third-order valence-corrected chi connectivity index (χ3v) is 5.96. The molecule has 0 unspecified atom stereocenters. The van der Waals surface area contributed by atoms with Crippen LogP contribution in [-0.4, -0.2) is 39.8 Å². The van der Waals surface area contributed by atoms with Gasteiger partial charge in [-0.1, -0.05) is 29.3 Å². The van der Waals surface area contributed by atoms with E-state index in [1.165, 1.54) is 33.3 Å². The van der Waals surface area contributed by atoms with Crippen LogP contribution in [0.25, 0.3) is 0 Å². The summed E-state index contributed by atoms with van der Waals surface area (Å²) in [7, 11) is 0.738. The van der Waals surface area contributed by atoms with Crippen LogP contribution in [0.2, 0.25) is 10.0 Å². The fourth-order valence-electron chi connectivity index (χ4n) is 2.00. The molecule has 0 saturated carbocycles. The summed E-state index contributed by atoms with van der Waals surface area (Å²) < 4.78 is 26.4. The minimum Gasteiger partial charge on any atom is -0.319 e. The average Bonchev–Trinajstić information content (AvgIpc) is 2.57. The number of benzene rings is 2. The van der Waals surface area contributed by atoms with Crippen LogP contribution in [0.5, 0.6) is 0 Å². The third-order valence-electron chi connectivity index (χ3n) is 3.50. The Bertz CT molecular complexity index is 864. The van der Waals surface area contributed by atoms with Gasteiger partial charge in [-0.05, 0) is 36.4 Å². The zero-order chi connectivity index (χ0) is 18.8. The lowest BCUT2D eigenvalue weighted by atomic mass is 10.2. The predicted octanol–water partition coefficient (Wildman–Crippen LogP) is 3.49. The molecule has 0 atom stereocenters. The summed E-state index contributed by atoms with van der Waals surface area (Å²) in [4.78, 5) is 12.3. The van der Waals surface area contributed by atoms with E-state index in [9.17, 15) is 13.2 Å². The van der Waals surface area contributed by atoms with Crippen LogP contribution in [0, 0.1) is 0 Å². The number of halogens is 2. The molecular formula is C16H17Cl2N3O3S. The first-order chi connectivity index (χ1) is 11.6. The van der Waals surface area contributed by atoms with Gasteiger partial charge in [0, 0.05) is 26.7 Å². The van der Waals surface area contributed by atoms with E-state index in [1.807, 2.05) is 0 Å². The van der Waals surface area contributed by atoms with Crippen LogP contribution < -0.4 is 9.62 Å². The van der Waals surface area contributed by atoms with Gasteiger partial charge in [-0.2, -0.15) is 12.7 Å². The molecule has 25 heavy (non-hydrogen) atoms. The van der Waals surface area contributed by atoms with Crippen molar-refractivity contribution in [3.63, 3.8) is 0 Å². The van der Waals surface area contributed by atoms with Gasteiger partial charge in [0.1, 0.15) is 0 Å². The van der Waals surface area contributed by atoms with Gasteiger partial charge in [0.2, 0.25) is 0 Å². The van der Waals surface area contributed by atoms with Crippen LogP contribution in [0.3, 0.4) is 0 Å². The molecule has 2 aromatic carbocycles. The molecule has 2 rings (SSSR count). The summed E-state index contributed by atoms with van der Waals surface area (Å²) in [5.41, 5.74) is 1.10. The topological polar surface area (TPSA) is 69.7 Å². The van der Waals surface area contributed by atoms with Gasteiger partial charge in [0.25, 0.3) is 5.91 Å². The van der Waals surface area contributed by atoms with E-state index in [1.54, 1.807) is 30.3 Å². The van der Waals surface area contributed by atoms with E-state index in [-0.39, 0.29) is 0 Å². The maximum Gasteiger partial charge on any atom is 0.303 e. The van der Waals surface area contributed by atoms with E-state index >= 15 is 0 Å². The smallest absolute Gasteiger partial charge is 0.303 e.